The molecule has 26 heavy (non-hydrogen) atoms. The maximum atomic E-state index is 12.2. The zero-order chi connectivity index (χ0) is 18.5. The van der Waals surface area contributed by atoms with Gasteiger partial charge in [-0.05, 0) is 47.2 Å². The molecule has 0 radical (unpaired) electrons. The largest absolute Gasteiger partial charge is 0.326 e. The number of fused-ring (bicyclic) bond motifs is 2. The van der Waals surface area contributed by atoms with Gasteiger partial charge in [-0.25, -0.2) is 4.79 Å². The number of imidazole rings is 1. The maximum absolute atomic E-state index is 12.2. The molecule has 0 saturated carbocycles. The molecule has 0 amide bonds. The molecule has 132 valence electrons. The molecule has 4 rings (SSSR count). The summed E-state index contributed by atoms with van der Waals surface area (Å²) in [5.74, 6) is 0. The van der Waals surface area contributed by atoms with Crippen molar-refractivity contribution in [2.75, 3.05) is 0 Å². The van der Waals surface area contributed by atoms with Gasteiger partial charge in [-0.1, -0.05) is 39.0 Å². The van der Waals surface area contributed by atoms with E-state index in [9.17, 15) is 4.79 Å². The number of hydrogen-bond acceptors (Lipinski definition) is 2. The number of aromatic nitrogens is 3. The van der Waals surface area contributed by atoms with Gasteiger partial charge in [0.2, 0.25) is 0 Å². The van der Waals surface area contributed by atoms with Crippen molar-refractivity contribution in [2.24, 2.45) is 12.5 Å². The number of aromatic amines is 1. The molecule has 2 aromatic carbocycles. The summed E-state index contributed by atoms with van der Waals surface area (Å²) in [5, 5.41) is 1.12. The van der Waals surface area contributed by atoms with Gasteiger partial charge in [-0.15, -0.1) is 0 Å². The molecule has 1 N–H and O–H groups in total. The van der Waals surface area contributed by atoms with Gasteiger partial charge in [0.15, 0.2) is 0 Å². The van der Waals surface area contributed by atoms with E-state index in [2.05, 4.69) is 55.0 Å². The molecule has 0 spiro atoms. The Balaban J connectivity index is 1.96. The van der Waals surface area contributed by atoms with Crippen LogP contribution in [0.2, 0.25) is 0 Å². The van der Waals surface area contributed by atoms with Gasteiger partial charge in [0.05, 0.1) is 16.6 Å². The molecule has 4 nitrogen and oxygen atoms in total. The van der Waals surface area contributed by atoms with Gasteiger partial charge in [0.1, 0.15) is 0 Å². The van der Waals surface area contributed by atoms with Crippen LogP contribution in [0.25, 0.3) is 33.1 Å². The molecule has 4 heteroatoms. The molecule has 0 saturated heterocycles. The van der Waals surface area contributed by atoms with Gasteiger partial charge in [-0.3, -0.25) is 9.55 Å². The van der Waals surface area contributed by atoms with E-state index in [1.54, 1.807) is 4.57 Å². The number of aryl methyl sites for hydroxylation is 1. The topological polar surface area (TPSA) is 50.7 Å². The fourth-order valence-electron chi connectivity index (χ4n) is 3.50. The minimum absolute atomic E-state index is 0.0797. The van der Waals surface area contributed by atoms with Crippen molar-refractivity contribution in [3.05, 3.63) is 64.7 Å². The van der Waals surface area contributed by atoms with Crippen LogP contribution >= 0.6 is 0 Å². The first-order valence-electron chi connectivity index (χ1n) is 8.89. The second-order valence-electron chi connectivity index (χ2n) is 8.17. The zero-order valence-electron chi connectivity index (χ0n) is 15.6. The molecule has 0 aliphatic carbocycles. The molecule has 0 unspecified atom stereocenters. The highest BCUT2D eigenvalue weighted by Gasteiger charge is 2.17. The van der Waals surface area contributed by atoms with Crippen LogP contribution in [0.5, 0.6) is 0 Å². The van der Waals surface area contributed by atoms with Crippen molar-refractivity contribution in [3.63, 3.8) is 0 Å². The lowest BCUT2D eigenvalue weighted by Gasteiger charge is -2.19. The lowest BCUT2D eigenvalue weighted by molar-refractivity contribution is 0.412. The number of rotatable bonds is 2. The number of pyridine rings is 1. The Bertz CT molecular complexity index is 1180. The SMILES string of the molecule is Cn1c(=O)[nH]c2c(CC(C)(C)C)cc(-c3cnc4ccccc4c3)cc21. The summed E-state index contributed by atoms with van der Waals surface area (Å²) in [6, 6.07) is 14.5. The summed E-state index contributed by atoms with van der Waals surface area (Å²) in [7, 11) is 1.81. The zero-order valence-corrected chi connectivity index (χ0v) is 15.6. The Kier molecular flexibility index (Phi) is 3.72. The van der Waals surface area contributed by atoms with Gasteiger partial charge >= 0.3 is 5.69 Å². The van der Waals surface area contributed by atoms with Crippen LogP contribution in [-0.2, 0) is 13.5 Å². The number of nitrogens with zero attached hydrogens (tertiary/aromatic N) is 2. The van der Waals surface area contributed by atoms with Crippen LogP contribution in [0, 0.1) is 5.41 Å². The molecule has 0 aliphatic heterocycles. The summed E-state index contributed by atoms with van der Waals surface area (Å²) in [6.07, 6.45) is 2.80. The van der Waals surface area contributed by atoms with E-state index in [0.717, 1.165) is 45.0 Å². The highest BCUT2D eigenvalue weighted by Crippen LogP contribution is 2.31. The standard InChI is InChI=1S/C22H23N3O/c1-22(2,3)12-16-10-15(11-19-20(16)24-21(26)25(19)4)17-9-14-7-5-6-8-18(14)23-13-17/h5-11,13H,12H2,1-4H3,(H,24,26). The van der Waals surface area contributed by atoms with Gasteiger partial charge in [-0.2, -0.15) is 0 Å². The molecular formula is C22H23N3O. The molecule has 0 bridgehead atoms. The number of hydrogen-bond donors (Lipinski definition) is 1. The first-order valence-corrected chi connectivity index (χ1v) is 8.89. The monoisotopic (exact) mass is 345 g/mol. The third-order valence-corrected chi connectivity index (χ3v) is 4.74. The quantitative estimate of drug-likeness (QED) is 0.574. The predicted octanol–water partition coefficient (Wildman–Crippen LogP) is 4.67. The van der Waals surface area contributed by atoms with Crippen LogP contribution in [0.15, 0.2) is 53.5 Å². The van der Waals surface area contributed by atoms with E-state index in [1.807, 2.05) is 31.4 Å². The second kappa shape index (κ2) is 5.84. The Hall–Kier alpha value is -2.88. The third kappa shape index (κ3) is 2.92. The first-order chi connectivity index (χ1) is 12.3. The van der Waals surface area contributed by atoms with Crippen LogP contribution in [0.3, 0.4) is 0 Å². The van der Waals surface area contributed by atoms with Gasteiger partial charge < -0.3 is 4.98 Å². The van der Waals surface area contributed by atoms with Crippen LogP contribution in [-0.4, -0.2) is 14.5 Å². The summed E-state index contributed by atoms with van der Waals surface area (Å²) < 4.78 is 1.68. The average molecular weight is 345 g/mol. The number of nitrogens with one attached hydrogen (secondary N) is 1. The lowest BCUT2D eigenvalue weighted by Crippen LogP contribution is -2.11. The summed E-state index contributed by atoms with van der Waals surface area (Å²) in [5.41, 5.74) is 6.21. The van der Waals surface area contributed by atoms with Crippen molar-refractivity contribution < 1.29 is 0 Å². The summed E-state index contributed by atoms with van der Waals surface area (Å²) in [4.78, 5) is 19.8. The Morgan fingerprint density at radius 2 is 1.85 bits per heavy atom. The molecule has 4 aromatic rings. The Morgan fingerprint density at radius 3 is 2.62 bits per heavy atom. The van der Waals surface area contributed by atoms with Gasteiger partial charge in [0.25, 0.3) is 0 Å². The van der Waals surface area contributed by atoms with E-state index in [-0.39, 0.29) is 11.1 Å². The van der Waals surface area contributed by atoms with Crippen LogP contribution in [0.1, 0.15) is 26.3 Å². The molecule has 2 heterocycles. The van der Waals surface area contributed by atoms with E-state index in [0.29, 0.717) is 0 Å². The maximum Gasteiger partial charge on any atom is 0.326 e. The van der Waals surface area contributed by atoms with Crippen LogP contribution in [0.4, 0.5) is 0 Å². The number of benzene rings is 2. The Morgan fingerprint density at radius 1 is 1.08 bits per heavy atom. The fraction of sp³-hybridized carbons (Fsp3) is 0.273. The molecular weight excluding hydrogens is 322 g/mol. The lowest BCUT2D eigenvalue weighted by atomic mass is 9.86. The smallest absolute Gasteiger partial charge is 0.305 e. The van der Waals surface area contributed by atoms with Crippen molar-refractivity contribution in [3.8, 4) is 11.1 Å². The fourth-order valence-corrected chi connectivity index (χ4v) is 3.50. The second-order valence-corrected chi connectivity index (χ2v) is 8.17. The molecule has 0 fully saturated rings. The van der Waals surface area contributed by atoms with E-state index < -0.39 is 0 Å². The molecule has 2 aromatic heterocycles. The predicted molar refractivity (Wildman–Crippen MR) is 107 cm³/mol. The molecule has 0 aliphatic rings. The molecule has 0 atom stereocenters. The van der Waals surface area contributed by atoms with Crippen LogP contribution < -0.4 is 5.69 Å². The highest BCUT2D eigenvalue weighted by atomic mass is 16.1. The summed E-state index contributed by atoms with van der Waals surface area (Å²) >= 11 is 0. The normalized spacial score (nSPS) is 12.2. The highest BCUT2D eigenvalue weighted by molar-refractivity contribution is 5.88. The van der Waals surface area contributed by atoms with E-state index in [4.69, 9.17) is 0 Å². The minimum atomic E-state index is -0.0797. The van der Waals surface area contributed by atoms with Crippen molar-refractivity contribution in [1.82, 2.24) is 14.5 Å². The number of para-hydroxylation sites is 1. The first kappa shape index (κ1) is 16.6. The van der Waals surface area contributed by atoms with Crippen molar-refractivity contribution in [2.45, 2.75) is 27.2 Å². The van der Waals surface area contributed by atoms with Gasteiger partial charge in [0, 0.05) is 24.2 Å². The third-order valence-electron chi connectivity index (χ3n) is 4.74. The number of H-pyrrole nitrogens is 1. The Labute approximate surface area is 152 Å². The minimum Gasteiger partial charge on any atom is -0.305 e. The average Bonchev–Trinajstić information content (AvgIpc) is 2.88. The van der Waals surface area contributed by atoms with Crippen molar-refractivity contribution in [1.29, 1.82) is 0 Å². The van der Waals surface area contributed by atoms with Crippen molar-refractivity contribution >= 4 is 21.9 Å². The summed E-state index contributed by atoms with van der Waals surface area (Å²) in [6.45, 7) is 6.64. The van der Waals surface area contributed by atoms with E-state index >= 15 is 0 Å². The van der Waals surface area contributed by atoms with E-state index in [1.165, 1.54) is 0 Å².